The van der Waals surface area contributed by atoms with Crippen molar-refractivity contribution < 1.29 is 0 Å². The smallest absolute Gasteiger partial charge is 0.0668 e. The molecule has 0 aromatic heterocycles. The number of thioether (sulfide) groups is 1. The van der Waals surface area contributed by atoms with Gasteiger partial charge < -0.3 is 10.6 Å². The van der Waals surface area contributed by atoms with E-state index >= 15 is 0 Å². The first-order chi connectivity index (χ1) is 15.2. The van der Waals surface area contributed by atoms with Gasteiger partial charge in [0.25, 0.3) is 0 Å². The highest BCUT2D eigenvalue weighted by molar-refractivity contribution is 7.99. The maximum absolute atomic E-state index is 6.11. The Bertz CT molecular complexity index is 1080. The van der Waals surface area contributed by atoms with Gasteiger partial charge in [-0.05, 0) is 60.1 Å². The largest absolute Gasteiger partial charge is 0.399 e. The number of allylic oxidation sites excluding steroid dienone is 1. The van der Waals surface area contributed by atoms with Crippen molar-refractivity contribution in [1.29, 1.82) is 0 Å². The van der Waals surface area contributed by atoms with Crippen LogP contribution in [0.5, 0.6) is 0 Å². The number of rotatable bonds is 7. The summed E-state index contributed by atoms with van der Waals surface area (Å²) in [4.78, 5) is 8.38. The lowest BCUT2D eigenvalue weighted by molar-refractivity contribution is 0.897. The molecule has 3 aromatic rings. The molecule has 5 heteroatoms. The summed E-state index contributed by atoms with van der Waals surface area (Å²) in [6.45, 7) is 1.72. The van der Waals surface area contributed by atoms with Gasteiger partial charge in [0.2, 0.25) is 0 Å². The summed E-state index contributed by atoms with van der Waals surface area (Å²) in [7, 11) is 2.13. The summed E-state index contributed by atoms with van der Waals surface area (Å²) in [5, 5.41) is 0. The number of halogens is 1. The molecule has 2 N–H and O–H groups in total. The van der Waals surface area contributed by atoms with Crippen LogP contribution in [0.3, 0.4) is 0 Å². The molecule has 1 aliphatic heterocycles. The minimum atomic E-state index is 0. The quantitative estimate of drug-likeness (QED) is 0.251. The van der Waals surface area contributed by atoms with E-state index in [4.69, 9.17) is 10.7 Å². The lowest BCUT2D eigenvalue weighted by Crippen LogP contribution is -2.20. The molecule has 0 fully saturated rings. The highest BCUT2D eigenvalue weighted by atomic mass is 35.5. The number of aryl methyl sites for hydroxylation is 1. The number of aliphatic imine (C=N–C) groups is 1. The molecule has 3 aromatic carbocycles. The van der Waals surface area contributed by atoms with E-state index in [2.05, 4.69) is 90.8 Å². The van der Waals surface area contributed by atoms with Crippen molar-refractivity contribution in [2.24, 2.45) is 4.99 Å². The van der Waals surface area contributed by atoms with Crippen LogP contribution in [0.1, 0.15) is 23.1 Å². The molecule has 32 heavy (non-hydrogen) atoms. The lowest BCUT2D eigenvalue weighted by atomic mass is 10.1. The number of fused-ring (bicyclic) bond motifs is 1. The monoisotopic (exact) mass is 463 g/mol. The molecule has 0 atom stereocenters. The number of anilines is 2. The number of hydrogen-bond acceptors (Lipinski definition) is 4. The standard InChI is InChI=1S/C27H29N3S.ClH/c1-30-18-17-29-25(24-11-5-6-12-26(24)30)15-13-22-20-23(28)14-16-27(22)31-19-7-10-21-8-3-2-4-9-21;/h2-6,8-9,11-16,20H,7,10,17-19,28H2,1H3;1H/b15-13+;. The zero-order chi connectivity index (χ0) is 21.5. The molecule has 3 nitrogen and oxygen atoms in total. The van der Waals surface area contributed by atoms with Gasteiger partial charge in [0.15, 0.2) is 0 Å². The van der Waals surface area contributed by atoms with E-state index in [0.29, 0.717) is 0 Å². The number of nitrogens with two attached hydrogens (primary N) is 1. The number of nitrogen functional groups attached to an aromatic ring is 1. The Morgan fingerprint density at radius 1 is 1.00 bits per heavy atom. The minimum absolute atomic E-state index is 0. The van der Waals surface area contributed by atoms with Crippen LogP contribution in [-0.2, 0) is 6.42 Å². The van der Waals surface area contributed by atoms with Crippen LogP contribution >= 0.6 is 24.2 Å². The molecule has 166 valence electrons. The van der Waals surface area contributed by atoms with E-state index < -0.39 is 0 Å². The maximum Gasteiger partial charge on any atom is 0.0668 e. The van der Waals surface area contributed by atoms with Gasteiger partial charge >= 0.3 is 0 Å². The zero-order valence-electron chi connectivity index (χ0n) is 18.4. The fourth-order valence-corrected chi connectivity index (χ4v) is 4.76. The molecule has 0 saturated heterocycles. The van der Waals surface area contributed by atoms with E-state index in [0.717, 1.165) is 48.6 Å². The summed E-state index contributed by atoms with van der Waals surface area (Å²) in [6, 6.07) is 25.4. The Labute approximate surface area is 201 Å². The van der Waals surface area contributed by atoms with Gasteiger partial charge in [-0.25, -0.2) is 0 Å². The molecule has 0 unspecified atom stereocenters. The van der Waals surface area contributed by atoms with Crippen molar-refractivity contribution in [2.45, 2.75) is 17.7 Å². The molecule has 0 spiro atoms. The SMILES string of the molecule is CN1CCN=C(/C=C/c2cc(N)ccc2SCCCc2ccccc2)c2ccccc21.Cl. The first kappa shape index (κ1) is 24.0. The molecule has 0 aliphatic carbocycles. The van der Waals surface area contributed by atoms with Gasteiger partial charge in [0.1, 0.15) is 0 Å². The Hall–Kier alpha value is -2.69. The zero-order valence-corrected chi connectivity index (χ0v) is 20.0. The Morgan fingerprint density at radius 2 is 1.78 bits per heavy atom. The van der Waals surface area contributed by atoms with Gasteiger partial charge in [0.05, 0.1) is 12.3 Å². The summed E-state index contributed by atoms with van der Waals surface area (Å²) in [5.74, 6) is 1.08. The first-order valence-corrected chi connectivity index (χ1v) is 11.8. The van der Waals surface area contributed by atoms with Crippen molar-refractivity contribution >= 4 is 47.3 Å². The van der Waals surface area contributed by atoms with Crippen molar-refractivity contribution in [3.63, 3.8) is 0 Å². The molecular formula is C27H30ClN3S. The average Bonchev–Trinajstić information content (AvgIpc) is 2.96. The number of hydrogen-bond donors (Lipinski definition) is 1. The predicted octanol–water partition coefficient (Wildman–Crippen LogP) is 6.37. The van der Waals surface area contributed by atoms with Gasteiger partial charge in [0, 0.05) is 35.4 Å². The van der Waals surface area contributed by atoms with Crippen LogP contribution in [0.2, 0.25) is 0 Å². The molecule has 1 heterocycles. The second kappa shape index (κ2) is 11.8. The molecule has 0 radical (unpaired) electrons. The number of benzene rings is 3. The molecule has 0 bridgehead atoms. The maximum atomic E-state index is 6.11. The van der Waals surface area contributed by atoms with Crippen LogP contribution < -0.4 is 10.6 Å². The first-order valence-electron chi connectivity index (χ1n) is 10.8. The van der Waals surface area contributed by atoms with Crippen LogP contribution in [-0.4, -0.2) is 31.6 Å². The van der Waals surface area contributed by atoms with Gasteiger partial charge in [-0.1, -0.05) is 54.6 Å². The van der Waals surface area contributed by atoms with Crippen LogP contribution in [0.15, 0.2) is 88.8 Å². The third-order valence-corrected chi connectivity index (χ3v) is 6.65. The Kier molecular flexibility index (Phi) is 8.83. The minimum Gasteiger partial charge on any atom is -0.399 e. The van der Waals surface area contributed by atoms with Crippen molar-refractivity contribution in [3.05, 3.63) is 95.6 Å². The van der Waals surface area contributed by atoms with E-state index in [1.165, 1.54) is 21.7 Å². The fourth-order valence-electron chi connectivity index (χ4n) is 3.79. The van der Waals surface area contributed by atoms with Crippen LogP contribution in [0.4, 0.5) is 11.4 Å². The summed E-state index contributed by atoms with van der Waals surface area (Å²) in [5.41, 5.74) is 12.9. The molecule has 0 saturated carbocycles. The second-order valence-corrected chi connectivity index (χ2v) is 8.91. The normalized spacial score (nSPS) is 13.3. The van der Waals surface area contributed by atoms with E-state index in [-0.39, 0.29) is 12.4 Å². The summed E-state index contributed by atoms with van der Waals surface area (Å²) >= 11 is 1.90. The average molecular weight is 464 g/mol. The van der Waals surface area contributed by atoms with E-state index in [1.54, 1.807) is 0 Å². The highest BCUT2D eigenvalue weighted by Gasteiger charge is 2.13. The van der Waals surface area contributed by atoms with Crippen molar-refractivity contribution in [1.82, 2.24) is 0 Å². The molecule has 4 rings (SSSR count). The third kappa shape index (κ3) is 6.18. The van der Waals surface area contributed by atoms with Crippen molar-refractivity contribution in [3.8, 4) is 0 Å². The van der Waals surface area contributed by atoms with Crippen LogP contribution in [0.25, 0.3) is 6.08 Å². The molecule has 0 amide bonds. The molecule has 1 aliphatic rings. The number of likely N-dealkylation sites (N-methyl/N-ethyl adjacent to an activating group) is 1. The predicted molar refractivity (Wildman–Crippen MR) is 144 cm³/mol. The third-order valence-electron chi connectivity index (χ3n) is 5.47. The highest BCUT2D eigenvalue weighted by Crippen LogP contribution is 2.28. The topological polar surface area (TPSA) is 41.6 Å². The van der Waals surface area contributed by atoms with Crippen LogP contribution in [0, 0.1) is 0 Å². The Morgan fingerprint density at radius 3 is 2.62 bits per heavy atom. The second-order valence-electron chi connectivity index (χ2n) is 7.77. The lowest BCUT2D eigenvalue weighted by Gasteiger charge is -2.18. The van der Waals surface area contributed by atoms with E-state index in [1.807, 2.05) is 17.8 Å². The fraction of sp³-hybridized carbons (Fsp3) is 0.222. The van der Waals surface area contributed by atoms with Gasteiger partial charge in [-0.15, -0.1) is 24.2 Å². The number of nitrogens with zero attached hydrogens (tertiary/aromatic N) is 2. The summed E-state index contributed by atoms with van der Waals surface area (Å²) < 4.78 is 0. The van der Waals surface area contributed by atoms with Gasteiger partial charge in [-0.3, -0.25) is 4.99 Å². The Balaban J connectivity index is 0.00000289. The summed E-state index contributed by atoms with van der Waals surface area (Å²) in [6.07, 6.45) is 6.56. The van der Waals surface area contributed by atoms with Gasteiger partial charge in [-0.2, -0.15) is 0 Å². The van der Waals surface area contributed by atoms with E-state index in [9.17, 15) is 0 Å². The number of para-hydroxylation sites is 1. The number of benzodiazepines with no additional fused rings is 1. The van der Waals surface area contributed by atoms with Crippen molar-refractivity contribution in [2.75, 3.05) is 36.5 Å². The molecular weight excluding hydrogens is 434 g/mol.